The molecule has 0 fully saturated rings. The molecule has 118 valence electrons. The van der Waals surface area contributed by atoms with Crippen LogP contribution in [0.4, 0.5) is 32.0 Å². The lowest BCUT2D eigenvalue weighted by Crippen LogP contribution is -2.32. The highest BCUT2D eigenvalue weighted by Gasteiger charge is 2.45. The molecule has 0 saturated carbocycles. The largest absolute Gasteiger partial charge is 0.481 e. The summed E-state index contributed by atoms with van der Waals surface area (Å²) >= 11 is 0.436. The fraction of sp³-hybridized carbons (Fsp3) is 0.364. The second kappa shape index (κ2) is 6.04. The SMILES string of the molecule is Nc1cc(C(F)(F)F)ccc1SCC(C(=O)O)C(F)(F)F. The summed E-state index contributed by atoms with van der Waals surface area (Å²) in [5, 5.41) is 8.49. The third-order valence-electron chi connectivity index (χ3n) is 2.44. The molecule has 3 N–H and O–H groups in total. The van der Waals surface area contributed by atoms with E-state index < -0.39 is 35.6 Å². The molecule has 1 rings (SSSR count). The van der Waals surface area contributed by atoms with Crippen molar-refractivity contribution < 1.29 is 36.2 Å². The fourth-order valence-corrected chi connectivity index (χ4v) is 2.40. The van der Waals surface area contributed by atoms with Crippen LogP contribution in [0.15, 0.2) is 23.1 Å². The van der Waals surface area contributed by atoms with E-state index in [4.69, 9.17) is 10.8 Å². The van der Waals surface area contributed by atoms with Gasteiger partial charge in [0.15, 0.2) is 5.92 Å². The van der Waals surface area contributed by atoms with E-state index in [-0.39, 0.29) is 10.6 Å². The van der Waals surface area contributed by atoms with Crippen molar-refractivity contribution in [2.75, 3.05) is 11.5 Å². The van der Waals surface area contributed by atoms with Crippen molar-refractivity contribution in [2.24, 2.45) is 5.92 Å². The molecule has 3 nitrogen and oxygen atoms in total. The first kappa shape index (κ1) is 17.5. The van der Waals surface area contributed by atoms with E-state index in [0.29, 0.717) is 23.9 Å². The Labute approximate surface area is 119 Å². The van der Waals surface area contributed by atoms with Gasteiger partial charge in [-0.15, -0.1) is 11.8 Å². The maximum absolute atomic E-state index is 12.4. The predicted octanol–water partition coefficient (Wildman–Crippen LogP) is 3.64. The van der Waals surface area contributed by atoms with Gasteiger partial charge in [-0.3, -0.25) is 4.79 Å². The molecule has 21 heavy (non-hydrogen) atoms. The summed E-state index contributed by atoms with van der Waals surface area (Å²) in [4.78, 5) is 10.5. The number of nitrogen functional groups attached to an aromatic ring is 1. The molecule has 0 amide bonds. The van der Waals surface area contributed by atoms with E-state index in [9.17, 15) is 31.1 Å². The minimum absolute atomic E-state index is 0.0431. The number of hydrogen-bond acceptors (Lipinski definition) is 3. The van der Waals surface area contributed by atoms with Crippen molar-refractivity contribution in [1.29, 1.82) is 0 Å². The Kier molecular flexibility index (Phi) is 5.03. The average Bonchev–Trinajstić information content (AvgIpc) is 2.27. The summed E-state index contributed by atoms with van der Waals surface area (Å²) in [6.07, 6.45) is -9.56. The molecule has 0 heterocycles. The maximum Gasteiger partial charge on any atom is 0.416 e. The zero-order valence-corrected chi connectivity index (χ0v) is 10.9. The van der Waals surface area contributed by atoms with Gasteiger partial charge < -0.3 is 10.8 Å². The molecular formula is C11H9F6NO2S. The summed E-state index contributed by atoms with van der Waals surface area (Å²) in [6.45, 7) is 0. The number of carbonyl (C=O) groups is 1. The number of nitrogens with two attached hydrogens (primary N) is 1. The molecule has 0 aliphatic heterocycles. The van der Waals surface area contributed by atoms with Gasteiger partial charge >= 0.3 is 18.3 Å². The van der Waals surface area contributed by atoms with Gasteiger partial charge in [-0.2, -0.15) is 26.3 Å². The zero-order chi connectivity index (χ0) is 16.4. The average molecular weight is 333 g/mol. The quantitative estimate of drug-likeness (QED) is 0.502. The Morgan fingerprint density at radius 3 is 2.19 bits per heavy atom. The van der Waals surface area contributed by atoms with Gasteiger partial charge in [0.2, 0.25) is 0 Å². The smallest absolute Gasteiger partial charge is 0.416 e. The van der Waals surface area contributed by atoms with E-state index in [1.807, 2.05) is 0 Å². The minimum atomic E-state index is -4.94. The molecule has 1 unspecified atom stereocenters. The van der Waals surface area contributed by atoms with E-state index in [1.54, 1.807) is 0 Å². The maximum atomic E-state index is 12.4. The van der Waals surface area contributed by atoms with Gasteiger partial charge in [0.05, 0.1) is 5.56 Å². The number of hydrogen-bond donors (Lipinski definition) is 2. The van der Waals surface area contributed by atoms with Gasteiger partial charge in [-0.05, 0) is 18.2 Å². The standard InChI is InChI=1S/C11H9F6NO2S/c12-10(13,14)5-1-2-8(7(18)3-5)21-4-6(9(19)20)11(15,16)17/h1-3,6H,4,18H2,(H,19,20). The molecule has 0 aliphatic carbocycles. The molecule has 1 atom stereocenters. The number of benzene rings is 1. The van der Waals surface area contributed by atoms with Crippen LogP contribution in [0.1, 0.15) is 5.56 Å². The minimum Gasteiger partial charge on any atom is -0.481 e. The van der Waals surface area contributed by atoms with Crippen LogP contribution in [-0.4, -0.2) is 23.0 Å². The molecular weight excluding hydrogens is 324 g/mol. The molecule has 0 aliphatic rings. The monoisotopic (exact) mass is 333 g/mol. The van der Waals surface area contributed by atoms with Crippen LogP contribution >= 0.6 is 11.8 Å². The van der Waals surface area contributed by atoms with Crippen LogP contribution in [0.5, 0.6) is 0 Å². The number of aliphatic carboxylic acids is 1. The van der Waals surface area contributed by atoms with E-state index >= 15 is 0 Å². The van der Waals surface area contributed by atoms with Gasteiger partial charge in [-0.25, -0.2) is 0 Å². The highest BCUT2D eigenvalue weighted by Crippen LogP contribution is 2.37. The van der Waals surface area contributed by atoms with Crippen LogP contribution in [0.2, 0.25) is 0 Å². The van der Waals surface area contributed by atoms with Crippen LogP contribution < -0.4 is 5.73 Å². The lowest BCUT2D eigenvalue weighted by molar-refractivity contribution is -0.188. The van der Waals surface area contributed by atoms with Crippen molar-refractivity contribution in [3.05, 3.63) is 23.8 Å². The number of thioether (sulfide) groups is 1. The number of carboxylic acids is 1. The Balaban J connectivity index is 2.87. The first-order valence-corrected chi connectivity index (χ1v) is 6.30. The number of alkyl halides is 6. The number of carboxylic acid groups (broad SMARTS) is 1. The van der Waals surface area contributed by atoms with Gasteiger partial charge in [0.1, 0.15) is 0 Å². The van der Waals surface area contributed by atoms with Crippen LogP contribution in [0, 0.1) is 5.92 Å². The second-order valence-corrected chi connectivity index (χ2v) is 5.06. The summed E-state index contributed by atoms with van der Waals surface area (Å²) in [5.74, 6) is -5.56. The molecule has 1 aromatic rings. The number of rotatable bonds is 4. The lowest BCUT2D eigenvalue weighted by Gasteiger charge is -2.16. The highest BCUT2D eigenvalue weighted by molar-refractivity contribution is 7.99. The van der Waals surface area contributed by atoms with Crippen LogP contribution in [0.25, 0.3) is 0 Å². The Hall–Kier alpha value is -1.58. The number of halogens is 6. The van der Waals surface area contributed by atoms with Crippen molar-refractivity contribution in [2.45, 2.75) is 17.2 Å². The van der Waals surface area contributed by atoms with E-state index in [0.717, 1.165) is 6.07 Å². The highest BCUT2D eigenvalue weighted by atomic mass is 32.2. The summed E-state index contributed by atoms with van der Waals surface area (Å²) in [6, 6.07) is 2.17. The molecule has 1 aromatic carbocycles. The topological polar surface area (TPSA) is 63.3 Å². The first-order valence-electron chi connectivity index (χ1n) is 5.32. The molecule has 0 aromatic heterocycles. The summed E-state index contributed by atoms with van der Waals surface area (Å²) in [5.41, 5.74) is 3.95. The fourth-order valence-electron chi connectivity index (χ4n) is 1.34. The third-order valence-corrected chi connectivity index (χ3v) is 3.62. The molecule has 0 spiro atoms. The van der Waals surface area contributed by atoms with Crippen molar-refractivity contribution in [1.82, 2.24) is 0 Å². The lowest BCUT2D eigenvalue weighted by atomic mass is 10.2. The zero-order valence-electron chi connectivity index (χ0n) is 10.1. The second-order valence-electron chi connectivity index (χ2n) is 3.99. The summed E-state index contributed by atoms with van der Waals surface area (Å²) in [7, 11) is 0. The predicted molar refractivity (Wildman–Crippen MR) is 63.8 cm³/mol. The van der Waals surface area contributed by atoms with Crippen LogP contribution in [-0.2, 0) is 11.0 Å². The van der Waals surface area contributed by atoms with Crippen molar-refractivity contribution >= 4 is 23.4 Å². The van der Waals surface area contributed by atoms with Gasteiger partial charge in [-0.1, -0.05) is 0 Å². The van der Waals surface area contributed by atoms with Crippen molar-refractivity contribution in [3.8, 4) is 0 Å². The first-order chi connectivity index (χ1) is 9.43. The van der Waals surface area contributed by atoms with Gasteiger partial charge in [0.25, 0.3) is 0 Å². The van der Waals surface area contributed by atoms with E-state index in [1.165, 1.54) is 0 Å². The Bertz CT molecular complexity index is 528. The van der Waals surface area contributed by atoms with Crippen LogP contribution in [0.3, 0.4) is 0 Å². The van der Waals surface area contributed by atoms with Gasteiger partial charge in [0, 0.05) is 16.3 Å². The van der Waals surface area contributed by atoms with E-state index in [2.05, 4.69) is 0 Å². The molecule has 0 radical (unpaired) electrons. The molecule has 0 bridgehead atoms. The molecule has 0 saturated heterocycles. The Morgan fingerprint density at radius 2 is 1.81 bits per heavy atom. The molecule has 10 heteroatoms. The number of anilines is 1. The Morgan fingerprint density at radius 1 is 1.24 bits per heavy atom. The van der Waals surface area contributed by atoms with Crippen molar-refractivity contribution in [3.63, 3.8) is 0 Å². The summed E-state index contributed by atoms with van der Waals surface area (Å²) < 4.78 is 74.4. The third kappa shape index (κ3) is 4.73. The normalized spacial score (nSPS) is 14.0.